The molecule has 1 saturated heterocycles. The van der Waals surface area contributed by atoms with Crippen molar-refractivity contribution < 1.29 is 22.8 Å². The van der Waals surface area contributed by atoms with Gasteiger partial charge in [0.05, 0.1) is 28.7 Å². The summed E-state index contributed by atoms with van der Waals surface area (Å²) in [5, 5.41) is 3.80. The van der Waals surface area contributed by atoms with E-state index < -0.39 is 23.7 Å². The maximum atomic E-state index is 14.0. The second kappa shape index (κ2) is 9.52. The van der Waals surface area contributed by atoms with E-state index in [1.807, 2.05) is 11.0 Å². The number of alkyl halides is 3. The van der Waals surface area contributed by atoms with Crippen molar-refractivity contribution in [3.63, 3.8) is 0 Å². The van der Waals surface area contributed by atoms with Gasteiger partial charge in [-0.15, -0.1) is 0 Å². The van der Waals surface area contributed by atoms with Gasteiger partial charge in [-0.2, -0.15) is 23.0 Å². The number of amides is 2. The minimum Gasteiger partial charge on any atom is -0.364 e. The molecule has 37 heavy (non-hydrogen) atoms. The van der Waals surface area contributed by atoms with Crippen LogP contribution < -0.4 is 5.73 Å². The normalized spacial score (nSPS) is 14.9. The number of benzene rings is 1. The van der Waals surface area contributed by atoms with Crippen LogP contribution in [0.3, 0.4) is 0 Å². The number of primary amides is 1. The molecule has 9 nitrogen and oxygen atoms in total. The van der Waals surface area contributed by atoms with Gasteiger partial charge in [-0.25, -0.2) is 9.78 Å². The molecule has 0 radical (unpaired) electrons. The monoisotopic (exact) mass is 531 g/mol. The minimum absolute atomic E-state index is 0.0356. The summed E-state index contributed by atoms with van der Waals surface area (Å²) in [6.07, 6.45) is -0.0240. The average molecular weight is 532 g/mol. The summed E-state index contributed by atoms with van der Waals surface area (Å²) in [4.78, 5) is 31.7. The number of pyridine rings is 1. The van der Waals surface area contributed by atoms with Gasteiger partial charge < -0.3 is 10.6 Å². The number of rotatable bonds is 4. The molecule has 2 amide bonds. The van der Waals surface area contributed by atoms with Crippen molar-refractivity contribution in [1.82, 2.24) is 29.0 Å². The van der Waals surface area contributed by atoms with Gasteiger partial charge in [0.15, 0.2) is 5.69 Å². The minimum atomic E-state index is -4.54. The second-order valence-corrected chi connectivity index (χ2v) is 9.03. The zero-order valence-corrected chi connectivity index (χ0v) is 20.1. The summed E-state index contributed by atoms with van der Waals surface area (Å²) in [5.74, 6) is -0.853. The number of carbonyl (C=O) groups excluding carboxylic acids is 2. The smallest absolute Gasteiger partial charge is 0.364 e. The Morgan fingerprint density at radius 2 is 1.84 bits per heavy atom. The molecule has 1 fully saturated rings. The lowest BCUT2D eigenvalue weighted by Crippen LogP contribution is -2.49. The molecule has 0 spiro atoms. The van der Waals surface area contributed by atoms with Crippen molar-refractivity contribution in [3.05, 3.63) is 76.8 Å². The molecule has 0 unspecified atom stereocenters. The van der Waals surface area contributed by atoms with E-state index in [9.17, 15) is 22.8 Å². The lowest BCUT2D eigenvalue weighted by molar-refractivity contribution is -0.138. The summed E-state index contributed by atoms with van der Waals surface area (Å²) in [6.45, 7) is 1.32. The molecular weight excluding hydrogens is 511 g/mol. The van der Waals surface area contributed by atoms with E-state index in [2.05, 4.69) is 10.1 Å². The van der Waals surface area contributed by atoms with Crippen LogP contribution in [-0.2, 0) is 12.7 Å². The van der Waals surface area contributed by atoms with Crippen LogP contribution in [0.2, 0.25) is 5.02 Å². The molecule has 3 aromatic heterocycles. The van der Waals surface area contributed by atoms with Gasteiger partial charge in [0.25, 0.3) is 5.91 Å². The van der Waals surface area contributed by atoms with Gasteiger partial charge in [0.1, 0.15) is 5.65 Å². The van der Waals surface area contributed by atoms with E-state index in [1.54, 1.807) is 35.0 Å². The van der Waals surface area contributed by atoms with Gasteiger partial charge in [-0.3, -0.25) is 14.1 Å². The highest BCUT2D eigenvalue weighted by molar-refractivity contribution is 6.33. The SMILES string of the molecule is NC(=O)c1nn(C(=O)N2CCN(Cc3ccc(-c4cnc5ccccn45)cc3C(F)(F)F)CC2)cc1Cl. The Bertz CT molecular complexity index is 1490. The van der Waals surface area contributed by atoms with E-state index in [-0.39, 0.29) is 35.9 Å². The van der Waals surface area contributed by atoms with Gasteiger partial charge in [0, 0.05) is 44.5 Å². The number of fused-ring (bicyclic) bond motifs is 1. The fourth-order valence-electron chi connectivity index (χ4n) is 4.38. The van der Waals surface area contributed by atoms with Crippen molar-refractivity contribution in [1.29, 1.82) is 0 Å². The summed E-state index contributed by atoms with van der Waals surface area (Å²) < 4.78 is 44.8. The molecule has 1 aliphatic heterocycles. The molecule has 4 aromatic rings. The third kappa shape index (κ3) is 4.89. The van der Waals surface area contributed by atoms with E-state index in [4.69, 9.17) is 17.3 Å². The first kappa shape index (κ1) is 24.8. The van der Waals surface area contributed by atoms with Gasteiger partial charge in [-0.1, -0.05) is 29.8 Å². The molecule has 2 N–H and O–H groups in total. The van der Waals surface area contributed by atoms with Crippen LogP contribution in [0.4, 0.5) is 18.0 Å². The third-order valence-corrected chi connectivity index (χ3v) is 6.54. The van der Waals surface area contributed by atoms with Crippen LogP contribution in [0.25, 0.3) is 16.9 Å². The van der Waals surface area contributed by atoms with E-state index in [1.165, 1.54) is 17.2 Å². The largest absolute Gasteiger partial charge is 0.416 e. The number of hydrogen-bond acceptors (Lipinski definition) is 5. The first-order chi connectivity index (χ1) is 17.6. The molecule has 192 valence electrons. The predicted molar refractivity (Wildman–Crippen MR) is 129 cm³/mol. The number of nitrogens with two attached hydrogens (primary N) is 1. The molecule has 0 atom stereocenters. The number of halogens is 4. The van der Waals surface area contributed by atoms with Crippen molar-refractivity contribution in [2.45, 2.75) is 12.7 Å². The quantitative estimate of drug-likeness (QED) is 0.432. The molecule has 0 bridgehead atoms. The Hall–Kier alpha value is -3.90. The maximum absolute atomic E-state index is 14.0. The third-order valence-electron chi connectivity index (χ3n) is 6.26. The zero-order valence-electron chi connectivity index (χ0n) is 19.3. The Morgan fingerprint density at radius 3 is 2.51 bits per heavy atom. The number of nitrogens with zero attached hydrogens (tertiary/aromatic N) is 6. The first-order valence-corrected chi connectivity index (χ1v) is 11.7. The molecular formula is C24H21ClF3N7O2. The highest BCUT2D eigenvalue weighted by Gasteiger charge is 2.35. The Morgan fingerprint density at radius 1 is 1.08 bits per heavy atom. The van der Waals surface area contributed by atoms with Crippen molar-refractivity contribution in [2.24, 2.45) is 5.73 Å². The molecule has 5 rings (SSSR count). The number of hydrogen-bond donors (Lipinski definition) is 1. The van der Waals surface area contributed by atoms with Crippen molar-refractivity contribution >= 4 is 29.2 Å². The Balaban J connectivity index is 1.31. The molecule has 13 heteroatoms. The predicted octanol–water partition coefficient (Wildman–Crippen LogP) is 3.75. The molecule has 0 saturated carbocycles. The van der Waals surface area contributed by atoms with Gasteiger partial charge in [0.2, 0.25) is 0 Å². The number of carbonyl (C=O) groups is 2. The van der Waals surface area contributed by atoms with Gasteiger partial charge >= 0.3 is 12.2 Å². The Kier molecular flexibility index (Phi) is 6.38. The van der Waals surface area contributed by atoms with Crippen LogP contribution in [0.1, 0.15) is 21.6 Å². The molecule has 0 aliphatic carbocycles. The van der Waals surface area contributed by atoms with E-state index in [0.29, 0.717) is 30.0 Å². The van der Waals surface area contributed by atoms with Crippen LogP contribution in [0.5, 0.6) is 0 Å². The summed E-state index contributed by atoms with van der Waals surface area (Å²) in [5.41, 5.74) is 6.05. The lowest BCUT2D eigenvalue weighted by Gasteiger charge is -2.34. The lowest BCUT2D eigenvalue weighted by atomic mass is 10.0. The fraction of sp³-hybridized carbons (Fsp3) is 0.250. The average Bonchev–Trinajstić information content (AvgIpc) is 3.47. The molecule has 1 aliphatic rings. The fourth-order valence-corrected chi connectivity index (χ4v) is 4.61. The van der Waals surface area contributed by atoms with E-state index in [0.717, 1.165) is 10.7 Å². The second-order valence-electron chi connectivity index (χ2n) is 8.62. The number of imidazole rings is 1. The highest BCUT2D eigenvalue weighted by atomic mass is 35.5. The molecule has 1 aromatic carbocycles. The number of aromatic nitrogens is 4. The summed E-state index contributed by atoms with van der Waals surface area (Å²) >= 11 is 5.90. The highest BCUT2D eigenvalue weighted by Crippen LogP contribution is 2.36. The van der Waals surface area contributed by atoms with Crippen molar-refractivity contribution in [2.75, 3.05) is 26.2 Å². The van der Waals surface area contributed by atoms with Crippen molar-refractivity contribution in [3.8, 4) is 11.3 Å². The van der Waals surface area contributed by atoms with Crippen LogP contribution in [-0.4, -0.2) is 67.1 Å². The van der Waals surface area contributed by atoms with Crippen LogP contribution in [0, 0.1) is 0 Å². The number of piperazine rings is 1. The summed E-state index contributed by atoms with van der Waals surface area (Å²) in [6, 6.07) is 9.20. The maximum Gasteiger partial charge on any atom is 0.416 e. The first-order valence-electron chi connectivity index (χ1n) is 11.3. The standard InChI is InChI=1S/C24H21ClF3N7O2/c25-18-14-35(31-21(18)22(29)36)23(37)33-9-7-32(8-10-33)13-16-5-4-15(11-17(16)24(26,27)28)19-12-30-20-3-1-2-6-34(19)20/h1-6,11-12,14H,7-10,13H2,(H2,29,36). The topological polar surface area (TPSA) is 102 Å². The van der Waals surface area contributed by atoms with E-state index >= 15 is 0 Å². The Labute approximate surface area is 213 Å². The van der Waals surface area contributed by atoms with Crippen LogP contribution >= 0.6 is 11.6 Å². The van der Waals surface area contributed by atoms with Crippen LogP contribution in [0.15, 0.2) is 55.0 Å². The zero-order chi connectivity index (χ0) is 26.3. The molecule has 4 heterocycles. The van der Waals surface area contributed by atoms with Gasteiger partial charge in [-0.05, 0) is 23.8 Å². The summed E-state index contributed by atoms with van der Waals surface area (Å²) in [7, 11) is 0.